The third-order valence-electron chi connectivity index (χ3n) is 3.38. The van der Waals surface area contributed by atoms with Gasteiger partial charge >= 0.3 is 0 Å². The molecule has 0 saturated carbocycles. The molecule has 0 unspecified atom stereocenters. The summed E-state index contributed by atoms with van der Waals surface area (Å²) in [4.78, 5) is 18.9. The molecule has 21 heavy (non-hydrogen) atoms. The van der Waals surface area contributed by atoms with Crippen LogP contribution in [0.5, 0.6) is 5.88 Å². The maximum Gasteiger partial charge on any atom is 0.262 e. The molecule has 6 heteroatoms. The van der Waals surface area contributed by atoms with Gasteiger partial charge in [-0.05, 0) is 31.3 Å². The molecule has 0 fully saturated rings. The van der Waals surface area contributed by atoms with E-state index in [0.717, 1.165) is 16.8 Å². The summed E-state index contributed by atoms with van der Waals surface area (Å²) < 4.78 is 1.68. The van der Waals surface area contributed by atoms with Gasteiger partial charge in [0.05, 0.1) is 5.69 Å². The fourth-order valence-electron chi connectivity index (χ4n) is 2.31. The van der Waals surface area contributed by atoms with Gasteiger partial charge < -0.3 is 5.11 Å². The molecule has 0 amide bonds. The monoisotopic (exact) mass is 299 g/mol. The molecule has 1 aromatic carbocycles. The number of fused-ring (bicyclic) bond motifs is 1. The highest BCUT2D eigenvalue weighted by atomic mass is 32.1. The van der Waals surface area contributed by atoms with Crippen molar-refractivity contribution in [3.05, 3.63) is 50.5 Å². The molecule has 0 aliphatic carbocycles. The van der Waals surface area contributed by atoms with E-state index in [0.29, 0.717) is 6.54 Å². The molecule has 2 heterocycles. The van der Waals surface area contributed by atoms with Gasteiger partial charge in [0.25, 0.3) is 5.56 Å². The van der Waals surface area contributed by atoms with E-state index in [1.54, 1.807) is 12.3 Å². The van der Waals surface area contributed by atoms with Gasteiger partial charge in [0.15, 0.2) is 4.77 Å². The van der Waals surface area contributed by atoms with Gasteiger partial charge in [0, 0.05) is 23.9 Å². The zero-order chi connectivity index (χ0) is 15.0. The quantitative estimate of drug-likeness (QED) is 0.838. The zero-order valence-electron chi connectivity index (χ0n) is 11.3. The number of aliphatic imine (C=N–C) groups is 1. The van der Waals surface area contributed by atoms with E-state index >= 15 is 0 Å². The van der Waals surface area contributed by atoms with Crippen LogP contribution in [0.1, 0.15) is 18.1 Å². The Morgan fingerprint density at radius 3 is 2.95 bits per heavy atom. The summed E-state index contributed by atoms with van der Waals surface area (Å²) in [5.74, 6) is -0.128. The van der Waals surface area contributed by atoms with Crippen LogP contribution in [0.3, 0.4) is 0 Å². The summed E-state index contributed by atoms with van der Waals surface area (Å²) in [5.41, 5.74) is 2.34. The summed E-state index contributed by atoms with van der Waals surface area (Å²) in [6, 6.07) is 7.63. The highest BCUT2D eigenvalue weighted by molar-refractivity contribution is 7.71. The maximum absolute atomic E-state index is 12.0. The summed E-state index contributed by atoms with van der Waals surface area (Å²) >= 11 is 5.03. The van der Waals surface area contributed by atoms with Crippen molar-refractivity contribution in [3.8, 4) is 5.88 Å². The number of rotatable bonds is 2. The van der Waals surface area contributed by atoms with Crippen molar-refractivity contribution >= 4 is 35.8 Å². The number of aromatic nitrogens is 2. The lowest BCUT2D eigenvalue weighted by Crippen LogP contribution is -2.16. The van der Waals surface area contributed by atoms with Crippen molar-refractivity contribution in [2.24, 2.45) is 4.99 Å². The first-order valence-corrected chi connectivity index (χ1v) is 6.94. The molecule has 1 aliphatic heterocycles. The summed E-state index contributed by atoms with van der Waals surface area (Å²) in [6.07, 6.45) is 3.31. The van der Waals surface area contributed by atoms with Crippen molar-refractivity contribution < 1.29 is 5.11 Å². The topological polar surface area (TPSA) is 70.4 Å². The Kier molecular flexibility index (Phi) is 3.31. The molecule has 0 spiro atoms. The molecule has 0 saturated heterocycles. The summed E-state index contributed by atoms with van der Waals surface area (Å²) in [5, 5.41) is 10.2. The molecule has 106 valence electrons. The Morgan fingerprint density at radius 1 is 1.43 bits per heavy atom. The first-order valence-electron chi connectivity index (χ1n) is 6.53. The van der Waals surface area contributed by atoms with Crippen molar-refractivity contribution in [2.75, 3.05) is 0 Å². The predicted molar refractivity (Wildman–Crippen MR) is 85.7 cm³/mol. The first-order chi connectivity index (χ1) is 10.1. The minimum Gasteiger partial charge on any atom is -0.494 e. The van der Waals surface area contributed by atoms with Crippen molar-refractivity contribution in [2.45, 2.75) is 13.5 Å². The fourth-order valence-corrected chi connectivity index (χ4v) is 2.62. The van der Waals surface area contributed by atoms with Crippen LogP contribution in [0, 0.1) is 4.77 Å². The van der Waals surface area contributed by atoms with Crippen LogP contribution in [-0.2, 0) is 6.54 Å². The lowest BCUT2D eigenvalue weighted by atomic mass is 10.1. The molecule has 1 aliphatic rings. The molecule has 5 nitrogen and oxygen atoms in total. The fraction of sp³-hybridized carbons (Fsp3) is 0.133. The number of nitrogens with zero attached hydrogens (tertiary/aromatic N) is 2. The largest absolute Gasteiger partial charge is 0.494 e. The first kappa shape index (κ1) is 13.5. The van der Waals surface area contributed by atoms with Crippen LogP contribution in [0.4, 0.5) is 5.69 Å². The van der Waals surface area contributed by atoms with Crippen LogP contribution in [-0.4, -0.2) is 20.9 Å². The number of hydrogen-bond donors (Lipinski definition) is 2. The van der Waals surface area contributed by atoms with Crippen LogP contribution >= 0.6 is 12.2 Å². The second-order valence-electron chi connectivity index (χ2n) is 4.62. The molecule has 0 radical (unpaired) electrons. The summed E-state index contributed by atoms with van der Waals surface area (Å²) in [7, 11) is 0. The second kappa shape index (κ2) is 5.14. The van der Waals surface area contributed by atoms with E-state index < -0.39 is 5.56 Å². The minimum atomic E-state index is -0.410. The van der Waals surface area contributed by atoms with Crippen molar-refractivity contribution in [1.82, 2.24) is 9.55 Å². The average molecular weight is 299 g/mol. The smallest absolute Gasteiger partial charge is 0.262 e. The summed E-state index contributed by atoms with van der Waals surface area (Å²) in [6.45, 7) is 2.32. The van der Waals surface area contributed by atoms with Gasteiger partial charge in [-0.1, -0.05) is 18.2 Å². The predicted octanol–water partition coefficient (Wildman–Crippen LogP) is 2.89. The van der Waals surface area contributed by atoms with Crippen molar-refractivity contribution in [3.63, 3.8) is 0 Å². The number of nitrogens with one attached hydrogen (secondary N) is 1. The number of para-hydroxylation sites is 1. The number of allylic oxidation sites excluding steroid dienone is 1. The third-order valence-corrected chi connectivity index (χ3v) is 3.70. The van der Waals surface area contributed by atoms with Gasteiger partial charge in [-0.15, -0.1) is 0 Å². The molecule has 2 aromatic rings. The van der Waals surface area contributed by atoms with Crippen LogP contribution < -0.4 is 5.56 Å². The van der Waals surface area contributed by atoms with Gasteiger partial charge in [-0.2, -0.15) is 0 Å². The molecule has 0 atom stereocenters. The van der Waals surface area contributed by atoms with Gasteiger partial charge in [-0.3, -0.25) is 19.3 Å². The molecule has 2 N–H and O–H groups in total. The number of H-pyrrole nitrogens is 1. The van der Waals surface area contributed by atoms with E-state index in [2.05, 4.69) is 9.98 Å². The molecule has 0 bridgehead atoms. The standard InChI is InChI=1S/C15H13N3O2S/c1-2-18-14(20)11(13(19)17-15(18)21)7-9-8-16-12-6-4-3-5-10(9)12/h3-8,20H,2H2,1H3,(H,17,19,21)/b9-7+. The average Bonchev–Trinajstić information content (AvgIpc) is 2.87. The van der Waals surface area contributed by atoms with Gasteiger partial charge in [0.1, 0.15) is 5.56 Å². The van der Waals surface area contributed by atoms with E-state index in [1.165, 1.54) is 4.57 Å². The van der Waals surface area contributed by atoms with E-state index in [4.69, 9.17) is 12.2 Å². The Balaban J connectivity index is 2.21. The molecular weight excluding hydrogens is 286 g/mol. The Hall–Kier alpha value is -2.47. The molecular formula is C15H13N3O2S. The maximum atomic E-state index is 12.0. The Labute approximate surface area is 125 Å². The van der Waals surface area contributed by atoms with Gasteiger partial charge in [-0.25, -0.2) is 0 Å². The van der Waals surface area contributed by atoms with Crippen LogP contribution in [0.15, 0.2) is 34.1 Å². The van der Waals surface area contributed by atoms with E-state index in [1.807, 2.05) is 31.2 Å². The minimum absolute atomic E-state index is 0.128. The highest BCUT2D eigenvalue weighted by Gasteiger charge is 2.15. The Morgan fingerprint density at radius 2 is 2.19 bits per heavy atom. The number of hydrogen-bond acceptors (Lipinski definition) is 4. The number of aromatic amines is 1. The van der Waals surface area contributed by atoms with Crippen molar-refractivity contribution in [1.29, 1.82) is 0 Å². The third kappa shape index (κ3) is 2.23. The lowest BCUT2D eigenvalue weighted by Gasteiger charge is -2.09. The van der Waals surface area contributed by atoms with E-state index in [-0.39, 0.29) is 16.2 Å². The second-order valence-corrected chi connectivity index (χ2v) is 5.00. The van der Waals surface area contributed by atoms with E-state index in [9.17, 15) is 9.90 Å². The number of aromatic hydroxyl groups is 1. The SMILES string of the molecule is CCn1c(O)c(/C=C2\C=Nc3ccccc32)c(=O)[nH]c1=S. The highest BCUT2D eigenvalue weighted by Crippen LogP contribution is 2.32. The lowest BCUT2D eigenvalue weighted by molar-refractivity contribution is 0.408. The zero-order valence-corrected chi connectivity index (χ0v) is 12.1. The normalized spacial score (nSPS) is 14.6. The van der Waals surface area contributed by atoms with Crippen LogP contribution in [0.25, 0.3) is 11.6 Å². The molecule has 1 aromatic heterocycles. The molecule has 3 rings (SSSR count). The van der Waals surface area contributed by atoms with Gasteiger partial charge in [0.2, 0.25) is 5.88 Å². The number of benzene rings is 1. The Bertz CT molecular complexity index is 891. The van der Waals surface area contributed by atoms with Crippen LogP contribution in [0.2, 0.25) is 0 Å².